The lowest BCUT2D eigenvalue weighted by Gasteiger charge is -2.35. The number of halogens is 4. The average molecular weight is 488 g/mol. The summed E-state index contributed by atoms with van der Waals surface area (Å²) >= 11 is 0. The number of Topliss-reactive ketones (excluding diaryl/α,β-unsaturated/α-hetero) is 1. The van der Waals surface area contributed by atoms with Gasteiger partial charge < -0.3 is 10.2 Å². The van der Waals surface area contributed by atoms with Gasteiger partial charge in [-0.15, -0.1) is 0 Å². The fourth-order valence-electron chi connectivity index (χ4n) is 4.83. The average Bonchev–Trinajstić information content (AvgIpc) is 3.00. The van der Waals surface area contributed by atoms with Crippen LogP contribution in [-0.4, -0.2) is 40.8 Å². The first-order valence-electron chi connectivity index (χ1n) is 11.1. The van der Waals surface area contributed by atoms with Crippen LogP contribution in [0.2, 0.25) is 0 Å². The van der Waals surface area contributed by atoms with Gasteiger partial charge in [-0.2, -0.15) is 13.2 Å². The molecular formula is C26H24F4N2O3. The molecule has 2 amide bonds. The monoisotopic (exact) mass is 488 g/mol. The number of rotatable bonds is 5. The first-order chi connectivity index (χ1) is 16.4. The SMILES string of the molecule is CC1(C)CC(=O)C2=C(C1)N(CCc1ccccc1)C(=O)C2(NC(=O)c1ccccc1F)C(F)(F)F. The Bertz CT molecular complexity index is 1220. The molecule has 1 unspecified atom stereocenters. The van der Waals surface area contributed by atoms with Crippen LogP contribution in [0.15, 0.2) is 65.9 Å². The van der Waals surface area contributed by atoms with E-state index < -0.39 is 51.7 Å². The number of benzene rings is 2. The highest BCUT2D eigenvalue weighted by Crippen LogP contribution is 2.51. The molecule has 0 saturated heterocycles. The Kier molecular flexibility index (Phi) is 6.07. The normalized spacial score (nSPS) is 21.8. The summed E-state index contributed by atoms with van der Waals surface area (Å²) < 4.78 is 58.5. The van der Waals surface area contributed by atoms with E-state index in [0.717, 1.165) is 22.6 Å². The molecule has 0 aromatic heterocycles. The van der Waals surface area contributed by atoms with E-state index in [9.17, 15) is 31.9 Å². The van der Waals surface area contributed by atoms with E-state index in [1.807, 2.05) is 0 Å². The second-order valence-electron chi connectivity index (χ2n) is 9.64. The fraction of sp³-hybridized carbons (Fsp3) is 0.346. The fourth-order valence-corrected chi connectivity index (χ4v) is 4.83. The second kappa shape index (κ2) is 8.62. The maximum absolute atomic E-state index is 14.8. The largest absolute Gasteiger partial charge is 0.425 e. The molecule has 2 aromatic rings. The van der Waals surface area contributed by atoms with Gasteiger partial charge in [0.05, 0.1) is 11.1 Å². The van der Waals surface area contributed by atoms with Gasteiger partial charge in [-0.25, -0.2) is 4.39 Å². The summed E-state index contributed by atoms with van der Waals surface area (Å²) in [5.74, 6) is -4.79. The van der Waals surface area contributed by atoms with Crippen molar-refractivity contribution in [1.29, 1.82) is 0 Å². The predicted molar refractivity (Wildman–Crippen MR) is 120 cm³/mol. The number of alkyl halides is 3. The van der Waals surface area contributed by atoms with Gasteiger partial charge in [0.15, 0.2) is 5.78 Å². The topological polar surface area (TPSA) is 66.5 Å². The van der Waals surface area contributed by atoms with E-state index in [-0.39, 0.29) is 31.5 Å². The zero-order chi connectivity index (χ0) is 25.6. The highest BCUT2D eigenvalue weighted by Gasteiger charge is 2.71. The zero-order valence-corrected chi connectivity index (χ0v) is 19.2. The standard InChI is InChI=1S/C26H24F4N2O3/c1-24(2)14-19-21(20(33)15-24)25(26(28,29)30,31-22(34)17-10-6-7-11-18(17)27)23(35)32(19)13-12-16-8-4-3-5-9-16/h3-11H,12-15H2,1-2H3,(H,31,34). The third kappa shape index (κ3) is 4.24. The number of nitrogens with one attached hydrogen (secondary N) is 1. The minimum atomic E-state index is -5.34. The van der Waals surface area contributed by atoms with Crippen LogP contribution in [0.5, 0.6) is 0 Å². The van der Waals surface area contributed by atoms with Crippen molar-refractivity contribution in [2.45, 2.75) is 44.8 Å². The van der Waals surface area contributed by atoms with Crippen molar-refractivity contribution in [3.8, 4) is 0 Å². The van der Waals surface area contributed by atoms with Gasteiger partial charge >= 0.3 is 6.18 Å². The van der Waals surface area contributed by atoms with Gasteiger partial charge in [0, 0.05) is 18.7 Å². The summed E-state index contributed by atoms with van der Waals surface area (Å²) in [5, 5.41) is 1.75. The summed E-state index contributed by atoms with van der Waals surface area (Å²) in [5.41, 5.74) is -4.95. The minimum absolute atomic E-state index is 0.0432. The van der Waals surface area contributed by atoms with Crippen LogP contribution in [0, 0.1) is 11.2 Å². The quantitative estimate of drug-likeness (QED) is 0.627. The van der Waals surface area contributed by atoms with Crippen LogP contribution in [0.4, 0.5) is 17.6 Å². The lowest BCUT2D eigenvalue weighted by atomic mass is 9.72. The third-order valence-corrected chi connectivity index (χ3v) is 6.43. The molecule has 4 rings (SSSR count). The molecule has 9 heteroatoms. The summed E-state index contributed by atoms with van der Waals surface area (Å²) in [6, 6.07) is 13.4. The molecule has 1 aliphatic carbocycles. The molecule has 1 aliphatic heterocycles. The molecule has 1 heterocycles. The lowest BCUT2D eigenvalue weighted by molar-refractivity contribution is -0.190. The van der Waals surface area contributed by atoms with Crippen molar-refractivity contribution in [3.05, 3.63) is 82.8 Å². The number of amides is 2. The Labute approximate surface area is 199 Å². The Balaban J connectivity index is 1.82. The van der Waals surface area contributed by atoms with Crippen LogP contribution >= 0.6 is 0 Å². The smallest absolute Gasteiger partial charge is 0.326 e. The van der Waals surface area contributed by atoms with Crippen LogP contribution < -0.4 is 5.32 Å². The molecule has 0 saturated carbocycles. The van der Waals surface area contributed by atoms with E-state index in [1.165, 1.54) is 12.1 Å². The predicted octanol–water partition coefficient (Wildman–Crippen LogP) is 4.58. The molecule has 35 heavy (non-hydrogen) atoms. The molecule has 0 bridgehead atoms. The Morgan fingerprint density at radius 2 is 1.63 bits per heavy atom. The zero-order valence-electron chi connectivity index (χ0n) is 19.2. The third-order valence-electron chi connectivity index (χ3n) is 6.43. The van der Waals surface area contributed by atoms with Crippen molar-refractivity contribution in [1.82, 2.24) is 10.2 Å². The molecule has 5 nitrogen and oxygen atoms in total. The molecular weight excluding hydrogens is 464 g/mol. The van der Waals surface area contributed by atoms with Gasteiger partial charge in [-0.1, -0.05) is 56.3 Å². The number of hydrogen-bond acceptors (Lipinski definition) is 3. The summed E-state index contributed by atoms with van der Waals surface area (Å²) in [7, 11) is 0. The highest BCUT2D eigenvalue weighted by molar-refractivity contribution is 6.14. The lowest BCUT2D eigenvalue weighted by Crippen LogP contribution is -2.66. The van der Waals surface area contributed by atoms with Crippen molar-refractivity contribution in [2.75, 3.05) is 6.54 Å². The van der Waals surface area contributed by atoms with Gasteiger partial charge in [-0.05, 0) is 36.0 Å². The molecule has 2 aromatic carbocycles. The van der Waals surface area contributed by atoms with Crippen molar-refractivity contribution < 1.29 is 31.9 Å². The number of carbonyl (C=O) groups is 3. The minimum Gasteiger partial charge on any atom is -0.326 e. The van der Waals surface area contributed by atoms with Crippen LogP contribution in [-0.2, 0) is 16.0 Å². The van der Waals surface area contributed by atoms with Crippen molar-refractivity contribution >= 4 is 17.6 Å². The first-order valence-corrected chi connectivity index (χ1v) is 11.1. The van der Waals surface area contributed by atoms with E-state index in [4.69, 9.17) is 0 Å². The Morgan fingerprint density at radius 1 is 1.00 bits per heavy atom. The van der Waals surface area contributed by atoms with E-state index in [2.05, 4.69) is 0 Å². The number of nitrogens with zero attached hydrogens (tertiary/aromatic N) is 1. The number of carbonyl (C=O) groups excluding carboxylic acids is 3. The Morgan fingerprint density at radius 3 is 2.26 bits per heavy atom. The number of hydrogen-bond donors (Lipinski definition) is 1. The van der Waals surface area contributed by atoms with Gasteiger partial charge in [-0.3, -0.25) is 14.4 Å². The van der Waals surface area contributed by atoms with Crippen LogP contribution in [0.3, 0.4) is 0 Å². The summed E-state index contributed by atoms with van der Waals surface area (Å²) in [4.78, 5) is 40.5. The maximum atomic E-state index is 14.8. The highest BCUT2D eigenvalue weighted by atomic mass is 19.4. The van der Waals surface area contributed by atoms with Gasteiger partial charge in [0.1, 0.15) is 5.82 Å². The van der Waals surface area contributed by atoms with Crippen molar-refractivity contribution in [3.63, 3.8) is 0 Å². The maximum Gasteiger partial charge on any atom is 0.425 e. The second-order valence-corrected chi connectivity index (χ2v) is 9.64. The molecule has 1 N–H and O–H groups in total. The van der Waals surface area contributed by atoms with Gasteiger partial charge in [0.2, 0.25) is 5.54 Å². The van der Waals surface area contributed by atoms with Gasteiger partial charge in [0.25, 0.3) is 11.8 Å². The van der Waals surface area contributed by atoms with Crippen molar-refractivity contribution in [2.24, 2.45) is 5.41 Å². The molecule has 0 fully saturated rings. The van der Waals surface area contributed by atoms with E-state index in [0.29, 0.717) is 0 Å². The molecule has 0 radical (unpaired) electrons. The van der Waals surface area contributed by atoms with E-state index >= 15 is 0 Å². The number of ketones is 1. The van der Waals surface area contributed by atoms with Crippen LogP contribution in [0.25, 0.3) is 0 Å². The first kappa shape index (κ1) is 24.6. The summed E-state index contributed by atoms with van der Waals surface area (Å²) in [6.45, 7) is 3.36. The molecule has 184 valence electrons. The summed E-state index contributed by atoms with van der Waals surface area (Å²) in [6.07, 6.45) is -5.28. The molecule has 0 spiro atoms. The van der Waals surface area contributed by atoms with E-state index in [1.54, 1.807) is 49.5 Å². The number of allylic oxidation sites excluding steroid dienone is 1. The molecule has 1 atom stereocenters. The Hall–Kier alpha value is -3.49. The molecule has 2 aliphatic rings. The van der Waals surface area contributed by atoms with Crippen LogP contribution in [0.1, 0.15) is 42.6 Å².